The first-order valence-electron chi connectivity index (χ1n) is 7.09. The number of fused-ring (bicyclic) bond motifs is 1. The first-order valence-corrected chi connectivity index (χ1v) is 7.47. The molecule has 2 aromatic rings. The number of halogens is 1. The second kappa shape index (κ2) is 6.08. The average Bonchev–Trinajstić information content (AvgIpc) is 3.01. The van der Waals surface area contributed by atoms with Crippen molar-refractivity contribution in [1.29, 1.82) is 0 Å². The minimum atomic E-state index is 0.451. The molecule has 1 aliphatic rings. The van der Waals surface area contributed by atoms with Crippen LogP contribution in [0.25, 0.3) is 10.9 Å². The summed E-state index contributed by atoms with van der Waals surface area (Å²) in [6, 6.07) is 8.40. The average molecular weight is 291 g/mol. The van der Waals surface area contributed by atoms with Gasteiger partial charge in [0.15, 0.2) is 0 Å². The normalized spacial score (nSPS) is 20.4. The molecule has 0 spiro atoms. The van der Waals surface area contributed by atoms with Gasteiger partial charge in [0.25, 0.3) is 0 Å². The summed E-state index contributed by atoms with van der Waals surface area (Å²) in [5.74, 6) is 0.613. The van der Waals surface area contributed by atoms with Crippen LogP contribution in [0.2, 0.25) is 5.02 Å². The number of ether oxygens (including phenoxy) is 1. The topological polar surface area (TPSA) is 34.2 Å². The van der Waals surface area contributed by atoms with Crippen LogP contribution in [-0.4, -0.2) is 24.2 Å². The Morgan fingerprint density at radius 2 is 2.35 bits per heavy atom. The van der Waals surface area contributed by atoms with Gasteiger partial charge in [-0.3, -0.25) is 4.98 Å². The standard InChI is InChI=1S/C16H19ClN2O/c1-11(13-6-8-20-10-13)19-9-12-4-5-15(17)14-3-2-7-18-16(12)14/h2-5,7,11,13,19H,6,8-10H2,1H3. The molecular weight excluding hydrogens is 272 g/mol. The van der Waals surface area contributed by atoms with Gasteiger partial charge in [-0.05, 0) is 43.0 Å². The van der Waals surface area contributed by atoms with Crippen molar-refractivity contribution in [2.45, 2.75) is 25.9 Å². The van der Waals surface area contributed by atoms with Crippen LogP contribution in [-0.2, 0) is 11.3 Å². The van der Waals surface area contributed by atoms with Crippen molar-refractivity contribution in [2.24, 2.45) is 5.92 Å². The fourth-order valence-corrected chi connectivity index (χ4v) is 2.94. The summed E-state index contributed by atoms with van der Waals surface area (Å²) >= 11 is 6.22. The predicted octanol–water partition coefficient (Wildman–Crippen LogP) is 3.40. The Labute approximate surface area is 124 Å². The first-order chi connectivity index (χ1) is 9.75. The van der Waals surface area contributed by atoms with Crippen LogP contribution < -0.4 is 5.32 Å². The lowest BCUT2D eigenvalue weighted by Crippen LogP contribution is -2.33. The summed E-state index contributed by atoms with van der Waals surface area (Å²) in [6.45, 7) is 4.79. The van der Waals surface area contributed by atoms with Gasteiger partial charge < -0.3 is 10.1 Å². The fraction of sp³-hybridized carbons (Fsp3) is 0.438. The molecule has 4 heteroatoms. The number of benzene rings is 1. The van der Waals surface area contributed by atoms with Gasteiger partial charge in [-0.25, -0.2) is 0 Å². The fourth-order valence-electron chi connectivity index (χ4n) is 2.72. The molecule has 0 amide bonds. The van der Waals surface area contributed by atoms with Crippen LogP contribution >= 0.6 is 11.6 Å². The predicted molar refractivity (Wildman–Crippen MR) is 82.0 cm³/mol. The van der Waals surface area contributed by atoms with Crippen molar-refractivity contribution in [2.75, 3.05) is 13.2 Å². The molecule has 1 N–H and O–H groups in total. The third-order valence-electron chi connectivity index (χ3n) is 4.09. The van der Waals surface area contributed by atoms with E-state index >= 15 is 0 Å². The van der Waals surface area contributed by atoms with E-state index in [9.17, 15) is 0 Å². The Bertz CT molecular complexity index is 596. The molecule has 1 aliphatic heterocycles. The Morgan fingerprint density at radius 1 is 1.45 bits per heavy atom. The van der Waals surface area contributed by atoms with Crippen LogP contribution in [0.15, 0.2) is 30.5 Å². The molecule has 1 aromatic carbocycles. The summed E-state index contributed by atoms with van der Waals surface area (Å²) in [7, 11) is 0. The van der Waals surface area contributed by atoms with E-state index in [-0.39, 0.29) is 0 Å². The number of hydrogen-bond donors (Lipinski definition) is 1. The number of nitrogens with one attached hydrogen (secondary N) is 1. The molecule has 1 saturated heterocycles. The number of nitrogens with zero attached hydrogens (tertiary/aromatic N) is 1. The van der Waals surface area contributed by atoms with Crippen LogP contribution in [0, 0.1) is 5.92 Å². The Balaban J connectivity index is 1.76. The Kier molecular flexibility index (Phi) is 4.20. The number of aromatic nitrogens is 1. The van der Waals surface area contributed by atoms with E-state index in [0.29, 0.717) is 12.0 Å². The van der Waals surface area contributed by atoms with Crippen molar-refractivity contribution >= 4 is 22.5 Å². The number of rotatable bonds is 4. The summed E-state index contributed by atoms with van der Waals surface area (Å²) in [4.78, 5) is 4.47. The zero-order valence-electron chi connectivity index (χ0n) is 11.6. The molecule has 2 unspecified atom stereocenters. The van der Waals surface area contributed by atoms with Crippen molar-refractivity contribution in [3.8, 4) is 0 Å². The quantitative estimate of drug-likeness (QED) is 0.937. The maximum absolute atomic E-state index is 6.22. The third kappa shape index (κ3) is 2.80. The monoisotopic (exact) mass is 290 g/mol. The lowest BCUT2D eigenvalue weighted by molar-refractivity contribution is 0.178. The number of pyridine rings is 1. The minimum Gasteiger partial charge on any atom is -0.381 e. The van der Waals surface area contributed by atoms with Gasteiger partial charge >= 0.3 is 0 Å². The van der Waals surface area contributed by atoms with E-state index in [4.69, 9.17) is 16.3 Å². The van der Waals surface area contributed by atoms with Crippen LogP contribution in [0.4, 0.5) is 0 Å². The number of hydrogen-bond acceptors (Lipinski definition) is 3. The van der Waals surface area contributed by atoms with Crippen molar-refractivity contribution in [1.82, 2.24) is 10.3 Å². The zero-order chi connectivity index (χ0) is 13.9. The van der Waals surface area contributed by atoms with Crippen molar-refractivity contribution < 1.29 is 4.74 Å². The molecular formula is C16H19ClN2O. The Morgan fingerprint density at radius 3 is 3.15 bits per heavy atom. The van der Waals surface area contributed by atoms with E-state index < -0.39 is 0 Å². The highest BCUT2D eigenvalue weighted by Crippen LogP contribution is 2.25. The van der Waals surface area contributed by atoms with Gasteiger partial charge in [0.1, 0.15) is 0 Å². The van der Waals surface area contributed by atoms with E-state index in [1.54, 1.807) is 0 Å². The zero-order valence-corrected chi connectivity index (χ0v) is 12.4. The van der Waals surface area contributed by atoms with E-state index in [2.05, 4.69) is 23.3 Å². The molecule has 1 fully saturated rings. The van der Waals surface area contributed by atoms with Crippen LogP contribution in [0.5, 0.6) is 0 Å². The highest BCUT2D eigenvalue weighted by Gasteiger charge is 2.21. The van der Waals surface area contributed by atoms with E-state index in [1.165, 1.54) is 5.56 Å². The van der Waals surface area contributed by atoms with Gasteiger partial charge in [0, 0.05) is 35.8 Å². The van der Waals surface area contributed by atoms with Crippen LogP contribution in [0.3, 0.4) is 0 Å². The van der Waals surface area contributed by atoms with Gasteiger partial charge in [0.05, 0.1) is 12.1 Å². The molecule has 0 aliphatic carbocycles. The molecule has 2 atom stereocenters. The maximum atomic E-state index is 6.22. The molecule has 0 bridgehead atoms. The smallest absolute Gasteiger partial charge is 0.0761 e. The van der Waals surface area contributed by atoms with Gasteiger partial charge in [-0.15, -0.1) is 0 Å². The molecule has 106 valence electrons. The minimum absolute atomic E-state index is 0.451. The van der Waals surface area contributed by atoms with E-state index in [1.807, 2.05) is 24.4 Å². The summed E-state index contributed by atoms with van der Waals surface area (Å²) in [6.07, 6.45) is 2.96. The largest absolute Gasteiger partial charge is 0.381 e. The van der Waals surface area contributed by atoms with Gasteiger partial charge in [-0.2, -0.15) is 0 Å². The summed E-state index contributed by atoms with van der Waals surface area (Å²) in [5.41, 5.74) is 2.18. The molecule has 3 nitrogen and oxygen atoms in total. The van der Waals surface area contributed by atoms with E-state index in [0.717, 1.165) is 42.1 Å². The molecule has 1 aromatic heterocycles. The van der Waals surface area contributed by atoms with Crippen molar-refractivity contribution in [3.63, 3.8) is 0 Å². The maximum Gasteiger partial charge on any atom is 0.0761 e. The highest BCUT2D eigenvalue weighted by atomic mass is 35.5. The second-order valence-electron chi connectivity index (χ2n) is 5.40. The molecule has 0 radical (unpaired) electrons. The van der Waals surface area contributed by atoms with Gasteiger partial charge in [0.2, 0.25) is 0 Å². The summed E-state index contributed by atoms with van der Waals surface area (Å²) in [5, 5.41) is 5.37. The highest BCUT2D eigenvalue weighted by molar-refractivity contribution is 6.35. The molecule has 20 heavy (non-hydrogen) atoms. The lowest BCUT2D eigenvalue weighted by Gasteiger charge is -2.19. The first kappa shape index (κ1) is 13.8. The molecule has 2 heterocycles. The van der Waals surface area contributed by atoms with Crippen molar-refractivity contribution in [3.05, 3.63) is 41.0 Å². The lowest BCUT2D eigenvalue weighted by atomic mass is 10.0. The second-order valence-corrected chi connectivity index (χ2v) is 5.81. The molecule has 3 rings (SSSR count). The van der Waals surface area contributed by atoms with Crippen LogP contribution in [0.1, 0.15) is 18.9 Å². The Hall–Kier alpha value is -1.16. The third-order valence-corrected chi connectivity index (χ3v) is 4.42. The van der Waals surface area contributed by atoms with Gasteiger partial charge in [-0.1, -0.05) is 17.7 Å². The SMILES string of the molecule is CC(NCc1ccc(Cl)c2cccnc12)C1CCOC1. The summed E-state index contributed by atoms with van der Waals surface area (Å²) < 4.78 is 5.45. The molecule has 0 saturated carbocycles.